The van der Waals surface area contributed by atoms with E-state index in [0.717, 1.165) is 23.2 Å². The smallest absolute Gasteiger partial charge is 0.248 e. The molecule has 0 saturated carbocycles. The summed E-state index contributed by atoms with van der Waals surface area (Å²) in [5.41, 5.74) is 2.72. The van der Waals surface area contributed by atoms with Gasteiger partial charge in [0.25, 0.3) is 0 Å². The predicted molar refractivity (Wildman–Crippen MR) is 93.0 cm³/mol. The van der Waals surface area contributed by atoms with Crippen molar-refractivity contribution in [2.75, 3.05) is 19.5 Å². The number of rotatable bonds is 6. The van der Waals surface area contributed by atoms with E-state index in [9.17, 15) is 4.79 Å². The zero-order valence-corrected chi connectivity index (χ0v) is 13.6. The van der Waals surface area contributed by atoms with Gasteiger partial charge < -0.3 is 14.8 Å². The number of para-hydroxylation sites is 2. The van der Waals surface area contributed by atoms with Crippen molar-refractivity contribution in [3.8, 4) is 11.5 Å². The summed E-state index contributed by atoms with van der Waals surface area (Å²) in [4.78, 5) is 12.1. The lowest BCUT2D eigenvalue weighted by Crippen LogP contribution is -2.09. The molecule has 0 aromatic heterocycles. The van der Waals surface area contributed by atoms with E-state index < -0.39 is 0 Å². The van der Waals surface area contributed by atoms with Crippen LogP contribution in [0, 0.1) is 0 Å². The van der Waals surface area contributed by atoms with Gasteiger partial charge in [-0.2, -0.15) is 0 Å². The Bertz CT molecular complexity index is 708. The van der Waals surface area contributed by atoms with Crippen LogP contribution < -0.4 is 14.8 Å². The molecule has 2 aromatic rings. The van der Waals surface area contributed by atoms with Gasteiger partial charge in [0.1, 0.15) is 0 Å². The molecule has 0 unspecified atom stereocenters. The standard InChI is InChI=1S/C19H21NO3/c1-4-14-8-5-6-10-16(14)20-18(21)13-12-15-9-7-11-17(22-2)19(15)23-3/h5-13H,4H2,1-3H3,(H,20,21)/b13-12+. The first-order valence-corrected chi connectivity index (χ1v) is 7.47. The Morgan fingerprint density at radius 3 is 2.57 bits per heavy atom. The molecular formula is C19H21NO3. The maximum absolute atomic E-state index is 12.1. The van der Waals surface area contributed by atoms with Gasteiger partial charge in [-0.3, -0.25) is 4.79 Å². The fourth-order valence-electron chi connectivity index (χ4n) is 2.33. The Hall–Kier alpha value is -2.75. The van der Waals surface area contributed by atoms with Crippen molar-refractivity contribution >= 4 is 17.7 Å². The molecule has 0 fully saturated rings. The van der Waals surface area contributed by atoms with E-state index in [2.05, 4.69) is 12.2 Å². The summed E-state index contributed by atoms with van der Waals surface area (Å²) < 4.78 is 10.6. The van der Waals surface area contributed by atoms with E-state index in [0.29, 0.717) is 11.5 Å². The minimum Gasteiger partial charge on any atom is -0.493 e. The molecule has 4 nitrogen and oxygen atoms in total. The van der Waals surface area contributed by atoms with E-state index in [4.69, 9.17) is 9.47 Å². The Morgan fingerprint density at radius 2 is 1.87 bits per heavy atom. The number of anilines is 1. The number of ether oxygens (including phenoxy) is 2. The number of carbonyl (C=O) groups is 1. The van der Waals surface area contributed by atoms with E-state index in [1.165, 1.54) is 6.08 Å². The van der Waals surface area contributed by atoms with E-state index >= 15 is 0 Å². The molecule has 0 radical (unpaired) electrons. The number of nitrogens with one attached hydrogen (secondary N) is 1. The third-order valence-electron chi connectivity index (χ3n) is 3.50. The van der Waals surface area contributed by atoms with Crippen molar-refractivity contribution < 1.29 is 14.3 Å². The zero-order chi connectivity index (χ0) is 16.7. The van der Waals surface area contributed by atoms with Crippen molar-refractivity contribution in [1.82, 2.24) is 0 Å². The number of aryl methyl sites for hydroxylation is 1. The van der Waals surface area contributed by atoms with Crippen LogP contribution in [0.15, 0.2) is 48.5 Å². The minimum absolute atomic E-state index is 0.184. The molecule has 0 saturated heterocycles. The fourth-order valence-corrected chi connectivity index (χ4v) is 2.33. The maximum atomic E-state index is 12.1. The van der Waals surface area contributed by atoms with Gasteiger partial charge in [-0.1, -0.05) is 37.3 Å². The van der Waals surface area contributed by atoms with E-state index in [1.807, 2.05) is 42.5 Å². The zero-order valence-electron chi connectivity index (χ0n) is 13.6. The van der Waals surface area contributed by atoms with Gasteiger partial charge in [-0.15, -0.1) is 0 Å². The monoisotopic (exact) mass is 311 g/mol. The summed E-state index contributed by atoms with van der Waals surface area (Å²) in [6.45, 7) is 2.06. The second-order valence-electron chi connectivity index (χ2n) is 4.92. The number of amides is 1. The quantitative estimate of drug-likeness (QED) is 0.823. The van der Waals surface area contributed by atoms with Crippen LogP contribution in [0.3, 0.4) is 0 Å². The first-order valence-electron chi connectivity index (χ1n) is 7.47. The van der Waals surface area contributed by atoms with Crippen molar-refractivity contribution in [1.29, 1.82) is 0 Å². The van der Waals surface area contributed by atoms with Crippen LogP contribution in [0.2, 0.25) is 0 Å². The predicted octanol–water partition coefficient (Wildman–Crippen LogP) is 3.92. The molecular weight excluding hydrogens is 290 g/mol. The SMILES string of the molecule is CCc1ccccc1NC(=O)/C=C/c1cccc(OC)c1OC. The van der Waals surface area contributed by atoms with Gasteiger partial charge in [0.15, 0.2) is 11.5 Å². The van der Waals surface area contributed by atoms with Crippen LogP contribution in [-0.4, -0.2) is 20.1 Å². The summed E-state index contributed by atoms with van der Waals surface area (Å²) in [6, 6.07) is 13.3. The number of carbonyl (C=O) groups excluding carboxylic acids is 1. The Balaban J connectivity index is 2.16. The highest BCUT2D eigenvalue weighted by Gasteiger charge is 2.08. The van der Waals surface area contributed by atoms with Gasteiger partial charge in [0, 0.05) is 17.3 Å². The van der Waals surface area contributed by atoms with Crippen LogP contribution >= 0.6 is 0 Å². The number of hydrogen-bond acceptors (Lipinski definition) is 3. The molecule has 0 heterocycles. The molecule has 1 amide bonds. The van der Waals surface area contributed by atoms with Crippen LogP contribution in [0.4, 0.5) is 5.69 Å². The van der Waals surface area contributed by atoms with Crippen molar-refractivity contribution in [3.05, 3.63) is 59.7 Å². The minimum atomic E-state index is -0.184. The third-order valence-corrected chi connectivity index (χ3v) is 3.50. The molecule has 2 rings (SSSR count). The molecule has 0 spiro atoms. The first kappa shape index (κ1) is 16.6. The summed E-state index contributed by atoms with van der Waals surface area (Å²) in [6.07, 6.45) is 4.07. The van der Waals surface area contributed by atoms with Crippen molar-refractivity contribution in [2.45, 2.75) is 13.3 Å². The van der Waals surface area contributed by atoms with Crippen molar-refractivity contribution in [3.63, 3.8) is 0 Å². The van der Waals surface area contributed by atoms with Crippen molar-refractivity contribution in [2.24, 2.45) is 0 Å². The molecule has 0 aliphatic carbocycles. The second kappa shape index (κ2) is 8.03. The topological polar surface area (TPSA) is 47.6 Å². The van der Waals surface area contributed by atoms with Crippen LogP contribution in [0.5, 0.6) is 11.5 Å². The molecule has 120 valence electrons. The molecule has 2 aromatic carbocycles. The van der Waals surface area contributed by atoms with Gasteiger partial charge in [-0.25, -0.2) is 0 Å². The van der Waals surface area contributed by atoms with E-state index in [1.54, 1.807) is 20.3 Å². The summed E-state index contributed by atoms with van der Waals surface area (Å²) in [5, 5.41) is 2.90. The molecule has 0 aliphatic heterocycles. The first-order chi connectivity index (χ1) is 11.2. The molecule has 4 heteroatoms. The van der Waals surface area contributed by atoms with Crippen LogP contribution in [-0.2, 0) is 11.2 Å². The molecule has 23 heavy (non-hydrogen) atoms. The summed E-state index contributed by atoms with van der Waals surface area (Å²) >= 11 is 0. The van der Waals surface area contributed by atoms with Crippen LogP contribution in [0.1, 0.15) is 18.1 Å². The average molecular weight is 311 g/mol. The fraction of sp³-hybridized carbons (Fsp3) is 0.211. The molecule has 0 atom stereocenters. The van der Waals surface area contributed by atoms with Gasteiger partial charge in [0.2, 0.25) is 5.91 Å². The van der Waals surface area contributed by atoms with Gasteiger partial charge in [0.05, 0.1) is 14.2 Å². The highest BCUT2D eigenvalue weighted by atomic mass is 16.5. The number of hydrogen-bond donors (Lipinski definition) is 1. The maximum Gasteiger partial charge on any atom is 0.248 e. The summed E-state index contributed by atoms with van der Waals surface area (Å²) in [7, 11) is 3.16. The average Bonchev–Trinajstić information content (AvgIpc) is 2.59. The largest absolute Gasteiger partial charge is 0.493 e. The van der Waals surface area contributed by atoms with E-state index in [-0.39, 0.29) is 5.91 Å². The van der Waals surface area contributed by atoms with Gasteiger partial charge >= 0.3 is 0 Å². The van der Waals surface area contributed by atoms with Gasteiger partial charge in [-0.05, 0) is 30.2 Å². The highest BCUT2D eigenvalue weighted by molar-refractivity contribution is 6.02. The Morgan fingerprint density at radius 1 is 1.09 bits per heavy atom. The second-order valence-corrected chi connectivity index (χ2v) is 4.92. The highest BCUT2D eigenvalue weighted by Crippen LogP contribution is 2.31. The molecule has 0 aliphatic rings. The Kier molecular flexibility index (Phi) is 5.80. The normalized spacial score (nSPS) is 10.6. The lowest BCUT2D eigenvalue weighted by atomic mass is 10.1. The lowest BCUT2D eigenvalue weighted by molar-refractivity contribution is -0.111. The lowest BCUT2D eigenvalue weighted by Gasteiger charge is -2.10. The van der Waals surface area contributed by atoms with Crippen LogP contribution in [0.25, 0.3) is 6.08 Å². The molecule has 0 bridgehead atoms. The Labute approximate surface area is 136 Å². The summed E-state index contributed by atoms with van der Waals surface area (Å²) in [5.74, 6) is 1.05. The molecule has 1 N–H and O–H groups in total. The number of benzene rings is 2. The number of methoxy groups -OCH3 is 2. The third kappa shape index (κ3) is 4.13.